The van der Waals surface area contributed by atoms with Gasteiger partial charge in [-0.3, -0.25) is 9.59 Å². The van der Waals surface area contributed by atoms with E-state index in [4.69, 9.17) is 4.74 Å². The topological polar surface area (TPSA) is 136 Å². The van der Waals surface area contributed by atoms with Gasteiger partial charge in [-0.15, -0.1) is 6.58 Å². The van der Waals surface area contributed by atoms with Crippen LogP contribution in [0.4, 0.5) is 0 Å². The van der Waals surface area contributed by atoms with E-state index < -0.39 is 17.2 Å². The van der Waals surface area contributed by atoms with E-state index in [0.29, 0.717) is 24.2 Å². The molecule has 6 N–H and O–H groups in total. The minimum Gasteiger partial charge on any atom is -0.481 e. The van der Waals surface area contributed by atoms with Gasteiger partial charge >= 0.3 is 11.9 Å². The van der Waals surface area contributed by atoms with Gasteiger partial charge in [-0.1, -0.05) is 25.7 Å². The van der Waals surface area contributed by atoms with Crippen molar-refractivity contribution in [2.24, 2.45) is 11.8 Å². The summed E-state index contributed by atoms with van der Waals surface area (Å²) in [6.07, 6.45) is 12.4. The molecule has 0 aliphatic carbocycles. The first-order chi connectivity index (χ1) is 20.4. The van der Waals surface area contributed by atoms with Crippen LogP contribution >= 0.6 is 0 Å². The molecule has 0 aromatic carbocycles. The van der Waals surface area contributed by atoms with Crippen molar-refractivity contribution in [1.82, 2.24) is 20.9 Å². The highest BCUT2D eigenvalue weighted by molar-refractivity contribution is 5.77. The smallest absolute Gasteiger partial charge is 0.307 e. The van der Waals surface area contributed by atoms with E-state index in [1.54, 1.807) is 13.0 Å². The van der Waals surface area contributed by atoms with Crippen molar-refractivity contribution in [2.45, 2.75) is 64.6 Å². The van der Waals surface area contributed by atoms with Gasteiger partial charge in [0.25, 0.3) is 0 Å². The summed E-state index contributed by atoms with van der Waals surface area (Å²) >= 11 is 0. The third-order valence-corrected chi connectivity index (χ3v) is 9.70. The molecule has 5 aliphatic heterocycles. The highest BCUT2D eigenvalue weighted by atomic mass is 16.6. The summed E-state index contributed by atoms with van der Waals surface area (Å²) in [5.74, 6) is -1.38. The van der Waals surface area contributed by atoms with Crippen molar-refractivity contribution in [3.63, 3.8) is 0 Å². The Bertz CT molecular complexity index is 1680. The Morgan fingerprint density at radius 1 is 1.07 bits per heavy atom. The van der Waals surface area contributed by atoms with Gasteiger partial charge in [0.15, 0.2) is 5.60 Å². The van der Waals surface area contributed by atoms with E-state index in [1.165, 1.54) is 0 Å². The van der Waals surface area contributed by atoms with Gasteiger partial charge in [0, 0.05) is 70.8 Å². The Kier molecular flexibility index (Phi) is 6.69. The number of hydrogen-bond donors (Lipinski definition) is 6. The molecular formula is C34H38N4O5. The monoisotopic (exact) mass is 582 g/mol. The molecule has 2 saturated heterocycles. The zero-order valence-corrected chi connectivity index (χ0v) is 25.0. The Labute approximate surface area is 251 Å². The fourth-order valence-corrected chi connectivity index (χ4v) is 7.02. The molecular weight excluding hydrogens is 544 g/mol. The maximum atomic E-state index is 12.6. The summed E-state index contributed by atoms with van der Waals surface area (Å²) in [7, 11) is 0. The molecule has 0 saturated carbocycles. The van der Waals surface area contributed by atoms with Crippen LogP contribution in [0.1, 0.15) is 69.0 Å². The quantitative estimate of drug-likeness (QED) is 0.213. The third kappa shape index (κ3) is 4.33. The number of esters is 1. The number of carbonyl (C=O) groups excluding carboxylic acids is 1. The number of fused-ring (bicyclic) bond motifs is 9. The van der Waals surface area contributed by atoms with Crippen LogP contribution in [0, 0.1) is 18.8 Å². The zero-order chi connectivity index (χ0) is 30.8. The van der Waals surface area contributed by atoms with Crippen LogP contribution in [0.25, 0.3) is 18.2 Å². The highest BCUT2D eigenvalue weighted by Crippen LogP contribution is 2.51. The lowest BCUT2D eigenvalue weighted by atomic mass is 9.80. The van der Waals surface area contributed by atoms with Crippen molar-refractivity contribution in [1.29, 1.82) is 0 Å². The van der Waals surface area contributed by atoms with Crippen molar-refractivity contribution in [3.8, 4) is 0 Å². The number of aromatic nitrogens is 1. The van der Waals surface area contributed by atoms with Gasteiger partial charge in [-0.2, -0.15) is 0 Å². The number of carbonyl (C=O) groups is 2. The lowest BCUT2D eigenvalue weighted by Crippen LogP contribution is -2.49. The molecule has 1 spiro atoms. The first kappa shape index (κ1) is 28.6. The lowest BCUT2D eigenvalue weighted by molar-refractivity contribution is -0.158. The standard InChI is InChI=1S/C34H38N4O5/c1-7-20-17(3)23-13-24-19(5)22(9-10-31(39)40)28(37-24)16-30-34(12-11-32(41)43-34)33(6,42)29(38-30)15-27-21(8-2)18(4)25(36-27)14-26(20)35-23/h7-8,13-16,19-20,35-38,42H,1-2,9-12H2,3-6H3,(H,39,40)/b24-13-,26-14-,29-15-,30-16-. The zero-order valence-electron chi connectivity index (χ0n) is 25.0. The minimum absolute atomic E-state index is 0.0210. The van der Waals surface area contributed by atoms with Crippen molar-refractivity contribution < 1.29 is 24.5 Å². The average Bonchev–Trinajstić information content (AvgIpc) is 3.69. The Morgan fingerprint density at radius 3 is 2.47 bits per heavy atom. The average molecular weight is 583 g/mol. The van der Waals surface area contributed by atoms with Crippen LogP contribution in [0.3, 0.4) is 0 Å². The molecule has 9 nitrogen and oxygen atoms in total. The minimum atomic E-state index is -1.57. The number of allylic oxidation sites excluding steroid dienone is 4. The second kappa shape index (κ2) is 10.1. The number of aliphatic hydroxyl groups is 1. The maximum absolute atomic E-state index is 12.6. The first-order valence-corrected chi connectivity index (χ1v) is 14.7. The van der Waals surface area contributed by atoms with Gasteiger partial charge < -0.3 is 35.9 Å². The number of ether oxygens (including phenoxy) is 1. The first-order valence-electron chi connectivity index (χ1n) is 14.7. The van der Waals surface area contributed by atoms with Gasteiger partial charge in [-0.25, -0.2) is 0 Å². The predicted octanol–water partition coefficient (Wildman–Crippen LogP) is 4.90. The van der Waals surface area contributed by atoms with E-state index in [1.807, 2.05) is 25.2 Å². The number of rotatable bonds is 5. The summed E-state index contributed by atoms with van der Waals surface area (Å²) in [5.41, 5.74) is 7.26. The summed E-state index contributed by atoms with van der Waals surface area (Å²) in [5, 5.41) is 32.2. The molecule has 224 valence electrons. The largest absolute Gasteiger partial charge is 0.481 e. The second-order valence-electron chi connectivity index (χ2n) is 12.1. The van der Waals surface area contributed by atoms with Crippen molar-refractivity contribution in [2.75, 3.05) is 0 Å². The van der Waals surface area contributed by atoms with Gasteiger partial charge in [0.05, 0.1) is 11.4 Å². The molecule has 0 radical (unpaired) electrons. The summed E-state index contributed by atoms with van der Waals surface area (Å²) < 4.78 is 5.96. The van der Waals surface area contributed by atoms with E-state index in [9.17, 15) is 19.8 Å². The number of nitrogens with one attached hydrogen (secondary N) is 4. The number of aromatic amines is 1. The summed E-state index contributed by atoms with van der Waals surface area (Å²) in [4.78, 5) is 27.7. The number of H-pyrrole nitrogens is 1. The van der Waals surface area contributed by atoms with E-state index in [0.717, 1.165) is 56.4 Å². The van der Waals surface area contributed by atoms with Gasteiger partial charge in [0.2, 0.25) is 0 Å². The van der Waals surface area contributed by atoms with E-state index in [-0.39, 0.29) is 30.6 Å². The SMILES string of the molecule is C=Cc1c2[nH]c(c1C)/C=C1\NC(=C(C)C1C=C)/C=C1\NC(=C(CCC(=O)O)C1C)/C=C1\N/C(=C\2)C(C)(O)C12CCC(=O)O2. The number of hydrogen-bond acceptors (Lipinski definition) is 7. The molecule has 4 atom stereocenters. The number of carboxylic acid groups (broad SMARTS) is 1. The molecule has 6 rings (SSSR count). The maximum Gasteiger partial charge on any atom is 0.307 e. The van der Waals surface area contributed by atoms with Crippen LogP contribution in [0.2, 0.25) is 0 Å². The van der Waals surface area contributed by atoms with Crippen LogP contribution < -0.4 is 16.0 Å². The Morgan fingerprint density at radius 2 is 1.81 bits per heavy atom. The molecule has 9 heteroatoms. The molecule has 8 bridgehead atoms. The fraction of sp³-hybridized carbons (Fsp3) is 0.353. The van der Waals surface area contributed by atoms with Crippen molar-refractivity contribution in [3.05, 3.63) is 99.2 Å². The second-order valence-corrected chi connectivity index (χ2v) is 12.1. The van der Waals surface area contributed by atoms with Crippen molar-refractivity contribution >= 4 is 30.2 Å². The summed E-state index contributed by atoms with van der Waals surface area (Å²) in [6.45, 7) is 16.0. The van der Waals surface area contributed by atoms with Crippen LogP contribution in [-0.2, 0) is 14.3 Å². The van der Waals surface area contributed by atoms with Gasteiger partial charge in [0.1, 0.15) is 5.60 Å². The van der Waals surface area contributed by atoms with E-state index in [2.05, 4.69) is 60.1 Å². The molecule has 0 amide bonds. The van der Waals surface area contributed by atoms with E-state index >= 15 is 0 Å². The molecule has 1 aromatic rings. The van der Waals surface area contributed by atoms with Crippen LogP contribution in [0.15, 0.2) is 76.7 Å². The molecule has 43 heavy (non-hydrogen) atoms. The number of aliphatic carboxylic acids is 1. The van der Waals surface area contributed by atoms with Gasteiger partial charge in [-0.05, 0) is 68.2 Å². The normalized spacial score (nSPS) is 34.2. The highest BCUT2D eigenvalue weighted by Gasteiger charge is 2.63. The third-order valence-electron chi connectivity index (χ3n) is 9.70. The molecule has 2 fully saturated rings. The lowest BCUT2D eigenvalue weighted by Gasteiger charge is -2.34. The number of carboxylic acids is 1. The predicted molar refractivity (Wildman–Crippen MR) is 165 cm³/mol. The summed E-state index contributed by atoms with van der Waals surface area (Å²) in [6, 6.07) is 0. The van der Waals surface area contributed by atoms with Crippen LogP contribution in [0.5, 0.6) is 0 Å². The Hall–Kier alpha value is -4.50. The molecule has 5 aliphatic rings. The molecule has 4 unspecified atom stereocenters. The van der Waals surface area contributed by atoms with Crippen LogP contribution in [-0.4, -0.2) is 38.3 Å². The molecule has 1 aromatic heterocycles. The Balaban J connectivity index is 1.62. The fourth-order valence-electron chi connectivity index (χ4n) is 7.02. The molecule has 6 heterocycles.